The van der Waals surface area contributed by atoms with E-state index in [4.69, 9.17) is 9.47 Å². The van der Waals surface area contributed by atoms with E-state index in [2.05, 4.69) is 17.2 Å². The van der Waals surface area contributed by atoms with E-state index >= 15 is 19.2 Å². The predicted octanol–water partition coefficient (Wildman–Crippen LogP) is 7.72. The normalized spacial score (nSPS) is 24.1. The highest BCUT2D eigenvalue weighted by Gasteiger charge is 2.76. The van der Waals surface area contributed by atoms with Gasteiger partial charge in [0.15, 0.2) is 0 Å². The molecular weight excluding hydrogens is 845 g/mol. The third kappa shape index (κ3) is 8.48. The zero-order valence-electron chi connectivity index (χ0n) is 37.6. The van der Waals surface area contributed by atoms with Crippen LogP contribution in [-0.4, -0.2) is 82.8 Å². The molecule has 12 nitrogen and oxygen atoms in total. The molecule has 344 valence electrons. The van der Waals surface area contributed by atoms with Gasteiger partial charge in [0.1, 0.15) is 29.9 Å². The molecule has 12 heteroatoms. The summed E-state index contributed by atoms with van der Waals surface area (Å²) in [4.78, 5) is 68.5. The van der Waals surface area contributed by atoms with Crippen LogP contribution >= 0.6 is 0 Å². The van der Waals surface area contributed by atoms with E-state index in [0.717, 1.165) is 53.7 Å². The summed E-state index contributed by atoms with van der Waals surface area (Å²) in [5.74, 6) is 3.61. The molecule has 4 heterocycles. The summed E-state index contributed by atoms with van der Waals surface area (Å²) in [6, 6.07) is 36.9. The van der Waals surface area contributed by atoms with Crippen LogP contribution in [0.15, 0.2) is 133 Å². The molecule has 4 aliphatic rings. The van der Waals surface area contributed by atoms with Gasteiger partial charge in [0.05, 0.1) is 42.9 Å². The van der Waals surface area contributed by atoms with E-state index in [0.29, 0.717) is 35.5 Å². The number of urea groups is 1. The topological polar surface area (TPSA) is 149 Å². The van der Waals surface area contributed by atoms with Crippen molar-refractivity contribution in [3.8, 4) is 17.6 Å². The van der Waals surface area contributed by atoms with E-state index in [1.807, 2.05) is 120 Å². The Morgan fingerprint density at radius 1 is 0.776 bits per heavy atom. The van der Waals surface area contributed by atoms with Crippen molar-refractivity contribution in [2.75, 3.05) is 37.8 Å². The number of benzene rings is 5. The summed E-state index contributed by atoms with van der Waals surface area (Å²) >= 11 is 0. The van der Waals surface area contributed by atoms with Crippen molar-refractivity contribution in [3.05, 3.63) is 167 Å². The maximum absolute atomic E-state index is 16.7. The molecule has 7 atom stereocenters. The molecule has 3 saturated heterocycles. The van der Waals surface area contributed by atoms with Crippen LogP contribution in [0.25, 0.3) is 0 Å². The first-order chi connectivity index (χ1) is 32.8. The molecule has 0 aliphatic carbocycles. The van der Waals surface area contributed by atoms with Crippen molar-refractivity contribution in [2.45, 2.75) is 81.1 Å². The number of imide groups is 1. The monoisotopic (exact) mass is 900 g/mol. The van der Waals surface area contributed by atoms with Crippen molar-refractivity contribution < 1.29 is 38.9 Å². The number of hydrogen-bond acceptors (Lipinski definition) is 9. The molecule has 67 heavy (non-hydrogen) atoms. The lowest BCUT2D eigenvalue weighted by molar-refractivity contribution is -0.179. The van der Waals surface area contributed by atoms with Crippen LogP contribution in [0.4, 0.5) is 10.5 Å². The SMILES string of the molecule is C[C@@H](NC(=O)N1C(=O)[C@@]2(c3cc(C#CCCO)ccc31)[C@H](c1ccc(OCCO)cc1)N1[C@H](c3ccccc3)[C@H](c3ccccc3)OC(=O)[C@H]1[C@@H]2C(=O)N1CCCCCCC1)c1ccccc1. The Hall–Kier alpha value is -6.78. The summed E-state index contributed by atoms with van der Waals surface area (Å²) in [7, 11) is 0. The zero-order valence-corrected chi connectivity index (χ0v) is 37.6. The second kappa shape index (κ2) is 20.0. The summed E-state index contributed by atoms with van der Waals surface area (Å²) < 4.78 is 12.5. The Kier molecular flexibility index (Phi) is 13.5. The van der Waals surface area contributed by atoms with Crippen LogP contribution in [-0.2, 0) is 24.5 Å². The average Bonchev–Trinajstić information content (AvgIpc) is 3.80. The van der Waals surface area contributed by atoms with Crippen LogP contribution < -0.4 is 15.0 Å². The highest BCUT2D eigenvalue weighted by atomic mass is 16.6. The van der Waals surface area contributed by atoms with Gasteiger partial charge in [-0.25, -0.2) is 9.69 Å². The Balaban J connectivity index is 1.34. The summed E-state index contributed by atoms with van der Waals surface area (Å²) in [6.07, 6.45) is 3.77. The summed E-state index contributed by atoms with van der Waals surface area (Å²) in [5, 5.41) is 22.4. The molecule has 0 radical (unpaired) electrons. The first-order valence-electron chi connectivity index (χ1n) is 23.4. The number of rotatable bonds is 10. The van der Waals surface area contributed by atoms with E-state index in [9.17, 15) is 10.2 Å². The number of hydrogen-bond donors (Lipinski definition) is 3. The number of likely N-dealkylation sites (tertiary alicyclic amines) is 1. The lowest BCUT2D eigenvalue weighted by atomic mass is 9.64. The number of aliphatic hydroxyl groups is 2. The van der Waals surface area contributed by atoms with Crippen molar-refractivity contribution >= 4 is 29.5 Å². The molecular formula is C55H56N4O8. The Morgan fingerprint density at radius 2 is 1.42 bits per heavy atom. The number of fused-ring (bicyclic) bond motifs is 3. The first-order valence-corrected chi connectivity index (χ1v) is 23.4. The number of cyclic esters (lactones) is 1. The molecule has 0 aromatic heterocycles. The van der Waals surface area contributed by atoms with Crippen molar-refractivity contribution in [3.63, 3.8) is 0 Å². The summed E-state index contributed by atoms with van der Waals surface area (Å²) in [5.41, 5.74) is 2.22. The molecule has 5 aromatic rings. The standard InChI is InChI=1S/C55H56N4O8/c1-37(39-19-8-5-9-20-39)56-54(65)58-45-30-25-38(18-14-17-33-60)36-44(45)55(53(58)64)46(51(62)57-31-15-3-2-4-16-32-57)48-52(63)67-49(41-23-12-7-13-24-41)47(40-21-10-6-11-22-40)59(48)50(55)42-26-28-43(29-27-42)66-35-34-61/h5-13,19-30,36-37,46-50,60-61H,2-4,15-17,31-35H2,1H3,(H,56,65)/t37-,46-,47-,48-,49+,50+,55-/m1/s1. The fourth-order valence-corrected chi connectivity index (χ4v) is 10.8. The highest BCUT2D eigenvalue weighted by molar-refractivity contribution is 6.24. The Labute approximate surface area is 391 Å². The highest BCUT2D eigenvalue weighted by Crippen LogP contribution is 2.66. The number of ether oxygens (including phenoxy) is 2. The number of nitrogens with one attached hydrogen (secondary N) is 1. The molecule has 3 fully saturated rings. The molecule has 3 N–H and O–H groups in total. The predicted molar refractivity (Wildman–Crippen MR) is 253 cm³/mol. The number of carbonyl (C=O) groups is 4. The van der Waals surface area contributed by atoms with E-state index in [1.54, 1.807) is 30.3 Å². The van der Waals surface area contributed by atoms with Gasteiger partial charge < -0.3 is 29.9 Å². The van der Waals surface area contributed by atoms with Crippen molar-refractivity contribution in [2.24, 2.45) is 5.92 Å². The number of morpholine rings is 1. The second-order valence-electron chi connectivity index (χ2n) is 17.7. The van der Waals surface area contributed by atoms with Gasteiger partial charge in [0.2, 0.25) is 11.8 Å². The van der Waals surface area contributed by atoms with Gasteiger partial charge >= 0.3 is 12.0 Å². The van der Waals surface area contributed by atoms with Gasteiger partial charge in [-0.15, -0.1) is 0 Å². The van der Waals surface area contributed by atoms with Crippen LogP contribution in [0, 0.1) is 17.8 Å². The molecule has 4 aliphatic heterocycles. The number of aliphatic hydroxyl groups excluding tert-OH is 2. The van der Waals surface area contributed by atoms with Crippen molar-refractivity contribution in [1.82, 2.24) is 15.1 Å². The third-order valence-corrected chi connectivity index (χ3v) is 13.8. The third-order valence-electron chi connectivity index (χ3n) is 13.8. The quantitative estimate of drug-likeness (QED) is 0.0947. The molecule has 5 aromatic carbocycles. The minimum atomic E-state index is -1.92. The minimum absolute atomic E-state index is 0.0609. The van der Waals surface area contributed by atoms with E-state index in [-0.39, 0.29) is 37.8 Å². The molecule has 0 saturated carbocycles. The first kappa shape index (κ1) is 45.4. The maximum atomic E-state index is 16.7. The second-order valence-corrected chi connectivity index (χ2v) is 17.7. The van der Waals surface area contributed by atoms with E-state index < -0.39 is 59.5 Å². The van der Waals surface area contributed by atoms with Gasteiger partial charge in [-0.1, -0.05) is 134 Å². The molecule has 1 spiro atoms. The largest absolute Gasteiger partial charge is 0.491 e. The lowest BCUT2D eigenvalue weighted by Crippen LogP contribution is -2.57. The van der Waals surface area contributed by atoms with Gasteiger partial charge in [-0.3, -0.25) is 19.3 Å². The van der Waals surface area contributed by atoms with E-state index in [1.165, 1.54) is 0 Å². The lowest BCUT2D eigenvalue weighted by Gasteiger charge is -2.46. The zero-order chi connectivity index (χ0) is 46.5. The van der Waals surface area contributed by atoms with Gasteiger partial charge in [0, 0.05) is 25.1 Å². The van der Waals surface area contributed by atoms with Gasteiger partial charge in [-0.2, -0.15) is 0 Å². The van der Waals surface area contributed by atoms with Crippen LogP contribution in [0.5, 0.6) is 5.75 Å². The smallest absolute Gasteiger partial charge is 0.329 e. The average molecular weight is 901 g/mol. The maximum Gasteiger partial charge on any atom is 0.329 e. The number of esters is 1. The van der Waals surface area contributed by atoms with Crippen LogP contribution in [0.2, 0.25) is 0 Å². The van der Waals surface area contributed by atoms with Crippen molar-refractivity contribution in [1.29, 1.82) is 0 Å². The Morgan fingerprint density at radius 3 is 2.07 bits per heavy atom. The molecule has 0 bridgehead atoms. The molecule has 9 rings (SSSR count). The fourth-order valence-electron chi connectivity index (χ4n) is 10.8. The van der Waals surface area contributed by atoms with Crippen LogP contribution in [0.3, 0.4) is 0 Å². The molecule has 4 amide bonds. The number of carbonyl (C=O) groups excluding carboxylic acids is 4. The van der Waals surface area contributed by atoms with Crippen LogP contribution in [0.1, 0.15) is 103 Å². The molecule has 0 unspecified atom stereocenters. The number of amides is 4. The fraction of sp³-hybridized carbons (Fsp3) is 0.345. The Bertz CT molecular complexity index is 2630. The summed E-state index contributed by atoms with van der Waals surface area (Å²) in [6.45, 7) is 2.45. The van der Waals surface area contributed by atoms with Gasteiger partial charge in [0.25, 0.3) is 0 Å². The number of anilines is 1. The minimum Gasteiger partial charge on any atom is -0.491 e. The van der Waals surface area contributed by atoms with Gasteiger partial charge in [-0.05, 0) is 77.9 Å². The number of nitrogens with zero attached hydrogens (tertiary/aromatic N) is 3.